The summed E-state index contributed by atoms with van der Waals surface area (Å²) in [4.78, 5) is 6.60. The van der Waals surface area contributed by atoms with Gasteiger partial charge in [-0.15, -0.1) is 0 Å². The van der Waals surface area contributed by atoms with E-state index in [1.165, 1.54) is 14.2 Å². The largest absolute Gasteiger partial charge is 0.493 e. The Balaban J connectivity index is 2.28. The Morgan fingerprint density at radius 2 is 1.83 bits per heavy atom. The molecule has 1 aromatic heterocycles. The second kappa shape index (κ2) is 6.55. The van der Waals surface area contributed by atoms with Crippen molar-refractivity contribution < 1.29 is 22.3 Å². The average Bonchev–Trinajstić information content (AvgIpc) is 2.83. The van der Waals surface area contributed by atoms with Crippen LogP contribution in [0.25, 0.3) is 0 Å². The summed E-state index contributed by atoms with van der Waals surface area (Å²) in [6.45, 7) is 3.55. The van der Waals surface area contributed by atoms with Crippen LogP contribution in [0.5, 0.6) is 11.5 Å². The monoisotopic (exact) mass is 343 g/mol. The van der Waals surface area contributed by atoms with Crippen molar-refractivity contribution in [3.05, 3.63) is 35.2 Å². The van der Waals surface area contributed by atoms with Gasteiger partial charge in [-0.1, -0.05) is 0 Å². The van der Waals surface area contributed by atoms with Crippen LogP contribution in [0.3, 0.4) is 0 Å². The quantitative estimate of drug-likeness (QED) is 0.832. The highest BCUT2D eigenvalue weighted by molar-refractivity contribution is 7.89. The van der Waals surface area contributed by atoms with Gasteiger partial charge in [0.1, 0.15) is 16.5 Å². The highest BCUT2D eigenvalue weighted by Gasteiger charge is 2.23. The number of ether oxygens (including phenoxy) is 2. The molecule has 7 nitrogen and oxygen atoms in total. The summed E-state index contributed by atoms with van der Waals surface area (Å²) in [5, 5.41) is 0. The molecular formula is C14H18FN3O4S. The number of halogens is 1. The number of H-pyrrole nitrogens is 1. The van der Waals surface area contributed by atoms with Crippen LogP contribution >= 0.6 is 0 Å². The Morgan fingerprint density at radius 3 is 2.35 bits per heavy atom. The summed E-state index contributed by atoms with van der Waals surface area (Å²) in [6, 6.07) is 2.05. The highest BCUT2D eigenvalue weighted by atomic mass is 32.2. The highest BCUT2D eigenvalue weighted by Crippen LogP contribution is 2.31. The Bertz CT molecular complexity index is 798. The molecule has 0 aliphatic heterocycles. The number of rotatable bonds is 6. The minimum atomic E-state index is -4.07. The van der Waals surface area contributed by atoms with Crippen molar-refractivity contribution in [3.8, 4) is 11.5 Å². The standard InChI is InChI=1S/C14H18FN3O4S/c1-8-9(2)18-14(17-8)7-16-23(19,20)13-6-12(22-4)11(21-3)5-10(13)15/h5-6,16H,7H2,1-4H3,(H,17,18). The van der Waals surface area contributed by atoms with Gasteiger partial charge in [0.25, 0.3) is 0 Å². The molecule has 0 aliphatic rings. The molecule has 0 atom stereocenters. The number of benzene rings is 1. The van der Waals surface area contributed by atoms with Crippen LogP contribution in [-0.2, 0) is 16.6 Å². The lowest BCUT2D eigenvalue weighted by Gasteiger charge is -2.11. The molecule has 1 aromatic carbocycles. The lowest BCUT2D eigenvalue weighted by molar-refractivity contribution is 0.350. The number of aromatic nitrogens is 2. The number of imidazole rings is 1. The smallest absolute Gasteiger partial charge is 0.244 e. The third-order valence-electron chi connectivity index (χ3n) is 3.33. The summed E-state index contributed by atoms with van der Waals surface area (Å²) >= 11 is 0. The number of aryl methyl sites for hydroxylation is 2. The predicted octanol–water partition coefficient (Wildman–Crippen LogP) is 1.66. The van der Waals surface area contributed by atoms with Crippen molar-refractivity contribution in [2.45, 2.75) is 25.3 Å². The molecule has 0 amide bonds. The van der Waals surface area contributed by atoms with E-state index in [-0.39, 0.29) is 18.0 Å². The molecule has 0 saturated heterocycles. The van der Waals surface area contributed by atoms with E-state index in [1.807, 2.05) is 6.92 Å². The normalized spacial score (nSPS) is 11.5. The first kappa shape index (κ1) is 17.2. The van der Waals surface area contributed by atoms with Gasteiger partial charge in [0.15, 0.2) is 11.5 Å². The molecule has 0 saturated carbocycles. The van der Waals surface area contributed by atoms with Crippen LogP contribution in [0.15, 0.2) is 17.0 Å². The molecule has 2 aromatic rings. The van der Waals surface area contributed by atoms with Crippen molar-refractivity contribution in [2.24, 2.45) is 0 Å². The fourth-order valence-corrected chi connectivity index (χ4v) is 3.05. The van der Waals surface area contributed by atoms with Crippen molar-refractivity contribution in [1.29, 1.82) is 0 Å². The summed E-state index contributed by atoms with van der Waals surface area (Å²) in [5.74, 6) is -0.244. The summed E-state index contributed by atoms with van der Waals surface area (Å²) in [6.07, 6.45) is 0. The Hall–Kier alpha value is -2.13. The number of methoxy groups -OCH3 is 2. The molecule has 126 valence electrons. The van der Waals surface area contributed by atoms with E-state index < -0.39 is 20.7 Å². The summed E-state index contributed by atoms with van der Waals surface area (Å²) < 4.78 is 50.9. The molecule has 0 aliphatic carbocycles. The zero-order valence-corrected chi connectivity index (χ0v) is 14.0. The van der Waals surface area contributed by atoms with Crippen molar-refractivity contribution in [2.75, 3.05) is 14.2 Å². The molecule has 0 unspecified atom stereocenters. The van der Waals surface area contributed by atoms with Gasteiger partial charge in [0.05, 0.1) is 26.5 Å². The first-order chi connectivity index (χ1) is 10.8. The number of nitrogens with zero attached hydrogens (tertiary/aromatic N) is 1. The second-order valence-electron chi connectivity index (χ2n) is 4.86. The third kappa shape index (κ3) is 3.62. The molecule has 2 rings (SSSR count). The molecule has 0 spiro atoms. The van der Waals surface area contributed by atoms with Crippen LogP contribution in [0.2, 0.25) is 0 Å². The molecule has 0 bridgehead atoms. The minimum Gasteiger partial charge on any atom is -0.493 e. The number of hydrogen-bond donors (Lipinski definition) is 2. The topological polar surface area (TPSA) is 93.3 Å². The van der Waals surface area contributed by atoms with Crippen LogP contribution in [0.1, 0.15) is 17.2 Å². The van der Waals surface area contributed by atoms with E-state index in [2.05, 4.69) is 14.7 Å². The fraction of sp³-hybridized carbons (Fsp3) is 0.357. The fourth-order valence-electron chi connectivity index (χ4n) is 1.99. The lowest BCUT2D eigenvalue weighted by atomic mass is 10.3. The van der Waals surface area contributed by atoms with Gasteiger partial charge in [-0.25, -0.2) is 22.5 Å². The Kier molecular flexibility index (Phi) is 4.90. The minimum absolute atomic E-state index is 0.0786. The van der Waals surface area contributed by atoms with Gasteiger partial charge in [0, 0.05) is 17.8 Å². The molecule has 0 radical (unpaired) electrons. The number of aromatic amines is 1. The molecule has 1 heterocycles. The first-order valence-electron chi connectivity index (χ1n) is 6.71. The maximum atomic E-state index is 14.1. The molecular weight excluding hydrogens is 325 g/mol. The zero-order valence-electron chi connectivity index (χ0n) is 13.2. The van der Waals surface area contributed by atoms with E-state index in [4.69, 9.17) is 9.47 Å². The SMILES string of the molecule is COc1cc(F)c(S(=O)(=O)NCc2nc(C)c(C)[nH]2)cc1OC. The van der Waals surface area contributed by atoms with Crippen LogP contribution in [0.4, 0.5) is 4.39 Å². The number of nitrogens with one attached hydrogen (secondary N) is 2. The molecule has 9 heteroatoms. The second-order valence-corrected chi connectivity index (χ2v) is 6.59. The lowest BCUT2D eigenvalue weighted by Crippen LogP contribution is -2.25. The van der Waals surface area contributed by atoms with E-state index in [0.29, 0.717) is 5.82 Å². The van der Waals surface area contributed by atoms with Gasteiger partial charge >= 0.3 is 0 Å². The number of hydrogen-bond acceptors (Lipinski definition) is 5. The van der Waals surface area contributed by atoms with Gasteiger partial charge in [0.2, 0.25) is 10.0 Å². The van der Waals surface area contributed by atoms with Gasteiger partial charge in [-0.2, -0.15) is 0 Å². The summed E-state index contributed by atoms with van der Waals surface area (Å²) in [7, 11) is -1.39. The predicted molar refractivity (Wildman–Crippen MR) is 81.6 cm³/mol. The average molecular weight is 343 g/mol. The van der Waals surface area contributed by atoms with Crippen LogP contribution < -0.4 is 14.2 Å². The van der Waals surface area contributed by atoms with E-state index in [9.17, 15) is 12.8 Å². The summed E-state index contributed by atoms with van der Waals surface area (Å²) in [5.41, 5.74) is 1.62. The maximum absolute atomic E-state index is 14.1. The Labute approximate surface area is 133 Å². The van der Waals surface area contributed by atoms with E-state index in [1.54, 1.807) is 6.92 Å². The van der Waals surface area contributed by atoms with Gasteiger partial charge in [-0.3, -0.25) is 0 Å². The zero-order chi connectivity index (χ0) is 17.2. The van der Waals surface area contributed by atoms with Gasteiger partial charge < -0.3 is 14.5 Å². The van der Waals surface area contributed by atoms with Crippen molar-refractivity contribution in [1.82, 2.24) is 14.7 Å². The van der Waals surface area contributed by atoms with Crippen molar-refractivity contribution >= 4 is 10.0 Å². The molecule has 0 fully saturated rings. The molecule has 2 N–H and O–H groups in total. The van der Waals surface area contributed by atoms with Crippen LogP contribution in [-0.4, -0.2) is 32.6 Å². The van der Waals surface area contributed by atoms with Crippen molar-refractivity contribution in [3.63, 3.8) is 0 Å². The van der Waals surface area contributed by atoms with E-state index in [0.717, 1.165) is 23.5 Å². The molecule has 23 heavy (non-hydrogen) atoms. The Morgan fingerprint density at radius 1 is 1.22 bits per heavy atom. The van der Waals surface area contributed by atoms with Gasteiger partial charge in [-0.05, 0) is 13.8 Å². The maximum Gasteiger partial charge on any atom is 0.244 e. The third-order valence-corrected chi connectivity index (χ3v) is 4.75. The van der Waals surface area contributed by atoms with Crippen LogP contribution in [0, 0.1) is 19.7 Å². The number of sulfonamides is 1. The van der Waals surface area contributed by atoms with E-state index >= 15 is 0 Å². The first-order valence-corrected chi connectivity index (χ1v) is 8.20.